The summed E-state index contributed by atoms with van der Waals surface area (Å²) in [6.07, 6.45) is -3.22. The molecule has 0 spiro atoms. The SMILES string of the molecule is N[C@]1(C(=O)N[C@@H](Cc2ccc(OC3C[C@@H](O)C[C@@H](C(=O)O)O3)c(O)c2)C(=O)O)C[C@H]1c1ccc(O)cc1. The number of phenolic OH excluding ortho intramolecular Hbond substituents is 2. The maximum atomic E-state index is 12.8. The molecule has 2 fully saturated rings. The monoisotopic (exact) mass is 516 g/mol. The predicted molar refractivity (Wildman–Crippen MR) is 126 cm³/mol. The van der Waals surface area contributed by atoms with E-state index in [4.69, 9.17) is 20.3 Å². The minimum Gasteiger partial charge on any atom is -0.508 e. The zero-order chi connectivity index (χ0) is 26.9. The lowest BCUT2D eigenvalue weighted by atomic mass is 10.0. The van der Waals surface area contributed by atoms with Gasteiger partial charge in [0.1, 0.15) is 17.3 Å². The number of carboxylic acid groups (broad SMARTS) is 2. The molecule has 2 aliphatic rings. The summed E-state index contributed by atoms with van der Waals surface area (Å²) in [5, 5.41) is 50.9. The molecular formula is C25H28N2O10. The topological polar surface area (TPSA) is 209 Å². The summed E-state index contributed by atoms with van der Waals surface area (Å²) in [6, 6.07) is 9.07. The molecule has 1 aliphatic carbocycles. The van der Waals surface area contributed by atoms with E-state index in [0.29, 0.717) is 12.0 Å². The Bertz CT molecular complexity index is 1190. The van der Waals surface area contributed by atoms with Gasteiger partial charge in [-0.25, -0.2) is 9.59 Å². The van der Waals surface area contributed by atoms with Gasteiger partial charge in [-0.2, -0.15) is 0 Å². The van der Waals surface area contributed by atoms with Crippen molar-refractivity contribution in [3.05, 3.63) is 53.6 Å². The molecule has 198 valence electrons. The van der Waals surface area contributed by atoms with Gasteiger partial charge in [-0.1, -0.05) is 18.2 Å². The third-order valence-corrected chi connectivity index (χ3v) is 6.59. The van der Waals surface area contributed by atoms with E-state index in [1.165, 1.54) is 30.3 Å². The smallest absolute Gasteiger partial charge is 0.333 e. The molecular weight excluding hydrogens is 488 g/mol. The van der Waals surface area contributed by atoms with Crippen LogP contribution in [-0.2, 0) is 25.5 Å². The summed E-state index contributed by atoms with van der Waals surface area (Å²) in [4.78, 5) is 35.9. The lowest BCUT2D eigenvalue weighted by Gasteiger charge is -2.31. The van der Waals surface area contributed by atoms with E-state index < -0.39 is 47.9 Å². The van der Waals surface area contributed by atoms with Gasteiger partial charge in [0.2, 0.25) is 12.2 Å². The summed E-state index contributed by atoms with van der Waals surface area (Å²) in [7, 11) is 0. The molecule has 1 saturated heterocycles. The van der Waals surface area contributed by atoms with Crippen molar-refractivity contribution in [1.29, 1.82) is 0 Å². The first-order valence-electron chi connectivity index (χ1n) is 11.6. The van der Waals surface area contributed by atoms with Crippen LogP contribution >= 0.6 is 0 Å². The third-order valence-electron chi connectivity index (χ3n) is 6.59. The zero-order valence-electron chi connectivity index (χ0n) is 19.6. The number of ether oxygens (including phenoxy) is 2. The minimum absolute atomic E-state index is 0.00404. The summed E-state index contributed by atoms with van der Waals surface area (Å²) in [6.45, 7) is 0. The van der Waals surface area contributed by atoms with Gasteiger partial charge in [-0.15, -0.1) is 0 Å². The lowest BCUT2D eigenvalue weighted by molar-refractivity contribution is -0.195. The van der Waals surface area contributed by atoms with Gasteiger partial charge < -0.3 is 46.1 Å². The number of aliphatic carboxylic acids is 2. The van der Waals surface area contributed by atoms with Crippen molar-refractivity contribution >= 4 is 17.8 Å². The van der Waals surface area contributed by atoms with Gasteiger partial charge in [-0.05, 0) is 41.8 Å². The first-order chi connectivity index (χ1) is 17.5. The average molecular weight is 517 g/mol. The van der Waals surface area contributed by atoms with Crippen LogP contribution in [0.2, 0.25) is 0 Å². The van der Waals surface area contributed by atoms with E-state index in [1.54, 1.807) is 12.1 Å². The minimum atomic E-state index is -1.33. The van der Waals surface area contributed by atoms with Crippen LogP contribution < -0.4 is 15.8 Å². The highest BCUT2D eigenvalue weighted by molar-refractivity contribution is 5.94. The fourth-order valence-corrected chi connectivity index (χ4v) is 4.41. The van der Waals surface area contributed by atoms with Crippen molar-refractivity contribution < 1.29 is 49.4 Å². The molecule has 2 aromatic rings. The summed E-state index contributed by atoms with van der Waals surface area (Å²) >= 11 is 0. The molecule has 8 N–H and O–H groups in total. The number of amides is 1. The average Bonchev–Trinajstić information content (AvgIpc) is 3.53. The molecule has 12 nitrogen and oxygen atoms in total. The van der Waals surface area contributed by atoms with E-state index in [2.05, 4.69) is 5.32 Å². The largest absolute Gasteiger partial charge is 0.508 e. The van der Waals surface area contributed by atoms with E-state index in [1.807, 2.05) is 0 Å². The van der Waals surface area contributed by atoms with Gasteiger partial charge in [0, 0.05) is 25.2 Å². The number of hydrogen-bond donors (Lipinski definition) is 7. The van der Waals surface area contributed by atoms with E-state index in [9.17, 15) is 34.8 Å². The first kappa shape index (κ1) is 26.2. The predicted octanol–water partition coefficient (Wildman–Crippen LogP) is 0.424. The Kier molecular flexibility index (Phi) is 7.25. The van der Waals surface area contributed by atoms with Crippen molar-refractivity contribution in [3.8, 4) is 17.2 Å². The molecule has 1 unspecified atom stereocenters. The number of aliphatic hydroxyl groups excluding tert-OH is 1. The van der Waals surface area contributed by atoms with E-state index in [0.717, 1.165) is 5.56 Å². The molecule has 12 heteroatoms. The number of carboxylic acids is 2. The zero-order valence-corrected chi connectivity index (χ0v) is 19.6. The van der Waals surface area contributed by atoms with Crippen molar-refractivity contribution in [2.24, 2.45) is 5.73 Å². The fourth-order valence-electron chi connectivity index (χ4n) is 4.41. The third kappa shape index (κ3) is 5.93. The van der Waals surface area contributed by atoms with Crippen LogP contribution in [0.1, 0.15) is 36.3 Å². The second-order valence-electron chi connectivity index (χ2n) is 9.39. The highest BCUT2D eigenvalue weighted by Gasteiger charge is 2.58. The first-order valence-corrected chi connectivity index (χ1v) is 11.6. The van der Waals surface area contributed by atoms with Crippen LogP contribution in [0, 0.1) is 0 Å². The Morgan fingerprint density at radius 2 is 1.81 bits per heavy atom. The van der Waals surface area contributed by atoms with E-state index >= 15 is 0 Å². The van der Waals surface area contributed by atoms with E-state index in [-0.39, 0.29) is 42.4 Å². The van der Waals surface area contributed by atoms with Gasteiger partial charge in [-0.3, -0.25) is 4.79 Å². The van der Waals surface area contributed by atoms with Crippen molar-refractivity contribution in [3.63, 3.8) is 0 Å². The molecule has 0 aromatic heterocycles. The number of carbonyl (C=O) groups is 3. The van der Waals surface area contributed by atoms with Crippen LogP contribution in [0.3, 0.4) is 0 Å². The normalized spacial score (nSPS) is 27.6. The molecule has 37 heavy (non-hydrogen) atoms. The molecule has 6 atom stereocenters. The Morgan fingerprint density at radius 3 is 2.43 bits per heavy atom. The lowest BCUT2D eigenvalue weighted by Crippen LogP contribution is -2.51. The Labute approximate surface area is 211 Å². The molecule has 1 saturated carbocycles. The maximum Gasteiger partial charge on any atom is 0.333 e. The Morgan fingerprint density at radius 1 is 1.11 bits per heavy atom. The van der Waals surface area contributed by atoms with Gasteiger partial charge in [0.05, 0.1) is 6.10 Å². The second-order valence-corrected chi connectivity index (χ2v) is 9.39. The van der Waals surface area contributed by atoms with Crippen LogP contribution in [0.25, 0.3) is 0 Å². The molecule has 4 rings (SSSR count). The van der Waals surface area contributed by atoms with Gasteiger partial charge >= 0.3 is 11.9 Å². The molecule has 2 aromatic carbocycles. The number of rotatable bonds is 9. The highest BCUT2D eigenvalue weighted by atomic mass is 16.7. The van der Waals surface area contributed by atoms with Gasteiger partial charge in [0.25, 0.3) is 0 Å². The highest BCUT2D eigenvalue weighted by Crippen LogP contribution is 2.49. The number of aromatic hydroxyl groups is 2. The second kappa shape index (κ2) is 10.2. The number of nitrogens with two attached hydrogens (primary N) is 1. The number of carbonyl (C=O) groups excluding carboxylic acids is 1. The Balaban J connectivity index is 1.38. The van der Waals surface area contributed by atoms with Crippen LogP contribution in [0.15, 0.2) is 42.5 Å². The Hall–Kier alpha value is -3.87. The fraction of sp³-hybridized carbons (Fsp3) is 0.400. The van der Waals surface area contributed by atoms with Crippen LogP contribution in [-0.4, -0.2) is 73.5 Å². The van der Waals surface area contributed by atoms with Crippen molar-refractivity contribution in [2.45, 2.75) is 61.7 Å². The summed E-state index contributed by atoms with van der Waals surface area (Å²) < 4.78 is 10.8. The van der Waals surface area contributed by atoms with Crippen molar-refractivity contribution in [1.82, 2.24) is 5.32 Å². The number of nitrogens with one attached hydrogen (secondary N) is 1. The number of hydrogen-bond acceptors (Lipinski definition) is 9. The molecule has 0 radical (unpaired) electrons. The maximum absolute atomic E-state index is 12.8. The molecule has 1 amide bonds. The van der Waals surface area contributed by atoms with Gasteiger partial charge in [0.15, 0.2) is 17.6 Å². The summed E-state index contributed by atoms with van der Waals surface area (Å²) in [5.74, 6) is -3.79. The molecule has 1 aliphatic heterocycles. The number of aliphatic hydroxyl groups is 1. The molecule has 0 bridgehead atoms. The standard InChI is InChI=1S/C25H28N2O10/c26-25(11-16(25)13-2-4-14(28)5-3-13)24(35)27-17(22(31)32)7-12-1-6-19(18(30)8-12)36-21-10-15(29)9-20(37-21)23(33)34/h1-6,8,15-17,20-21,28-30H,7,9-11,26H2,(H,27,35)(H,31,32)(H,33,34)/t15-,16-,17-,20-,21?,25+/m0/s1. The van der Waals surface area contributed by atoms with Crippen LogP contribution in [0.4, 0.5) is 0 Å². The molecule has 1 heterocycles. The number of benzene rings is 2. The quantitative estimate of drug-likeness (QED) is 0.243. The van der Waals surface area contributed by atoms with Crippen LogP contribution in [0.5, 0.6) is 17.2 Å². The van der Waals surface area contributed by atoms with Crippen molar-refractivity contribution in [2.75, 3.05) is 0 Å². The number of phenols is 2. The summed E-state index contributed by atoms with van der Waals surface area (Å²) in [5.41, 5.74) is 6.09.